The number of aromatic nitrogens is 1. The zero-order valence-corrected chi connectivity index (χ0v) is 18.9. The smallest absolute Gasteiger partial charge is 0.321 e. The van der Waals surface area contributed by atoms with Crippen molar-refractivity contribution in [2.24, 2.45) is 0 Å². The highest BCUT2D eigenvalue weighted by atomic mass is 16.2. The number of likely N-dealkylation sites (N-methyl/N-ethyl adjacent to an activating group) is 1. The van der Waals surface area contributed by atoms with Crippen molar-refractivity contribution < 1.29 is 4.79 Å². The van der Waals surface area contributed by atoms with E-state index in [9.17, 15) is 9.59 Å². The minimum absolute atomic E-state index is 0.151. The number of fused-ring (bicyclic) bond motifs is 1. The number of hydrogen-bond acceptors (Lipinski definition) is 3. The normalized spacial score (nSPS) is 11.1. The van der Waals surface area contributed by atoms with Crippen molar-refractivity contribution in [1.29, 1.82) is 0 Å². The topological polar surface area (TPSA) is 68.4 Å². The quantitative estimate of drug-likeness (QED) is 0.563. The van der Waals surface area contributed by atoms with Crippen LogP contribution in [0.2, 0.25) is 0 Å². The first-order valence-electron chi connectivity index (χ1n) is 10.9. The van der Waals surface area contributed by atoms with Crippen LogP contribution in [-0.2, 0) is 6.54 Å². The van der Waals surface area contributed by atoms with Gasteiger partial charge in [-0.25, -0.2) is 4.79 Å². The van der Waals surface area contributed by atoms with Gasteiger partial charge in [-0.1, -0.05) is 44.2 Å². The van der Waals surface area contributed by atoms with E-state index in [1.165, 1.54) is 0 Å². The van der Waals surface area contributed by atoms with Gasteiger partial charge < -0.3 is 20.1 Å². The molecule has 3 rings (SSSR count). The third-order valence-corrected chi connectivity index (χ3v) is 5.88. The second-order valence-electron chi connectivity index (χ2n) is 7.84. The summed E-state index contributed by atoms with van der Waals surface area (Å²) in [5.74, 6) is 0. The van der Waals surface area contributed by atoms with Crippen molar-refractivity contribution in [1.82, 2.24) is 14.8 Å². The Labute approximate surface area is 183 Å². The number of benzene rings is 2. The Hall–Kier alpha value is -3.12. The lowest BCUT2D eigenvalue weighted by molar-refractivity contribution is 0.194. The number of rotatable bonds is 8. The standard InChI is InChI=1S/C25H32N4O2/c1-5-28(6-2)14-15-29(25(31)26-22-10-8-7-9-11-22)17-21-16-20-13-12-18(3)19(4)23(20)27-24(21)30/h7-13,16H,5-6,14-15,17H2,1-4H3,(H,26,31)(H,27,30). The Morgan fingerprint density at radius 2 is 1.71 bits per heavy atom. The minimum atomic E-state index is -0.210. The molecule has 0 unspecified atom stereocenters. The van der Waals surface area contributed by atoms with E-state index in [0.29, 0.717) is 12.1 Å². The van der Waals surface area contributed by atoms with Crippen LogP contribution in [0.15, 0.2) is 53.3 Å². The molecule has 0 radical (unpaired) electrons. The molecular weight excluding hydrogens is 388 g/mol. The van der Waals surface area contributed by atoms with Crippen LogP contribution in [0.25, 0.3) is 10.9 Å². The van der Waals surface area contributed by atoms with Gasteiger partial charge >= 0.3 is 6.03 Å². The van der Waals surface area contributed by atoms with Crippen LogP contribution in [0.5, 0.6) is 0 Å². The molecule has 0 spiro atoms. The average Bonchev–Trinajstić information content (AvgIpc) is 2.77. The highest BCUT2D eigenvalue weighted by Crippen LogP contribution is 2.19. The predicted molar refractivity (Wildman–Crippen MR) is 128 cm³/mol. The number of nitrogens with one attached hydrogen (secondary N) is 2. The van der Waals surface area contributed by atoms with Crippen LogP contribution >= 0.6 is 0 Å². The Morgan fingerprint density at radius 1 is 1.00 bits per heavy atom. The van der Waals surface area contributed by atoms with Gasteiger partial charge in [0, 0.05) is 24.3 Å². The summed E-state index contributed by atoms with van der Waals surface area (Å²) in [5, 5.41) is 3.93. The van der Waals surface area contributed by atoms with E-state index in [0.717, 1.165) is 47.4 Å². The number of amides is 2. The highest BCUT2D eigenvalue weighted by molar-refractivity contribution is 5.89. The van der Waals surface area contributed by atoms with Gasteiger partial charge in [-0.05, 0) is 61.6 Å². The number of aryl methyl sites for hydroxylation is 2. The van der Waals surface area contributed by atoms with E-state index in [2.05, 4.69) is 35.1 Å². The highest BCUT2D eigenvalue weighted by Gasteiger charge is 2.18. The van der Waals surface area contributed by atoms with E-state index in [4.69, 9.17) is 0 Å². The zero-order chi connectivity index (χ0) is 22.4. The maximum atomic E-state index is 13.1. The third kappa shape index (κ3) is 5.52. The molecule has 3 aromatic rings. The molecule has 6 nitrogen and oxygen atoms in total. The molecule has 0 saturated carbocycles. The van der Waals surface area contributed by atoms with E-state index >= 15 is 0 Å². The Morgan fingerprint density at radius 3 is 2.39 bits per heavy atom. The van der Waals surface area contributed by atoms with Crippen LogP contribution < -0.4 is 10.9 Å². The lowest BCUT2D eigenvalue weighted by atomic mass is 10.0. The van der Waals surface area contributed by atoms with E-state index in [1.54, 1.807) is 4.90 Å². The summed E-state index contributed by atoms with van der Waals surface area (Å²) in [4.78, 5) is 32.9. The average molecular weight is 421 g/mol. The molecule has 0 bridgehead atoms. The van der Waals surface area contributed by atoms with Crippen molar-refractivity contribution in [2.75, 3.05) is 31.5 Å². The molecule has 2 amide bonds. The molecule has 2 N–H and O–H groups in total. The summed E-state index contributed by atoms with van der Waals surface area (Å²) in [6.07, 6.45) is 0. The van der Waals surface area contributed by atoms with Gasteiger partial charge in [0.05, 0.1) is 12.1 Å². The molecule has 0 aliphatic rings. The minimum Gasteiger partial charge on any atom is -0.321 e. The molecule has 0 aliphatic carbocycles. The lowest BCUT2D eigenvalue weighted by Gasteiger charge is -2.26. The van der Waals surface area contributed by atoms with Gasteiger partial charge in [-0.15, -0.1) is 0 Å². The van der Waals surface area contributed by atoms with Gasteiger partial charge in [-0.2, -0.15) is 0 Å². The first-order valence-corrected chi connectivity index (χ1v) is 10.9. The molecule has 31 heavy (non-hydrogen) atoms. The molecule has 1 aromatic heterocycles. The van der Waals surface area contributed by atoms with Crippen molar-refractivity contribution in [3.8, 4) is 0 Å². The van der Waals surface area contributed by atoms with Gasteiger partial charge in [0.15, 0.2) is 0 Å². The Bertz CT molecular complexity index is 1090. The number of carbonyl (C=O) groups is 1. The van der Waals surface area contributed by atoms with Crippen LogP contribution in [0, 0.1) is 13.8 Å². The number of hydrogen-bond donors (Lipinski definition) is 2. The lowest BCUT2D eigenvalue weighted by Crippen LogP contribution is -2.41. The van der Waals surface area contributed by atoms with Crippen molar-refractivity contribution in [3.05, 3.63) is 75.6 Å². The predicted octanol–water partition coefficient (Wildman–Crippen LogP) is 4.52. The van der Waals surface area contributed by atoms with Gasteiger partial charge in [0.25, 0.3) is 5.56 Å². The summed E-state index contributed by atoms with van der Waals surface area (Å²) in [7, 11) is 0. The van der Waals surface area contributed by atoms with Crippen LogP contribution in [0.4, 0.5) is 10.5 Å². The van der Waals surface area contributed by atoms with E-state index in [1.807, 2.05) is 56.3 Å². The number of pyridine rings is 1. The molecule has 0 atom stereocenters. The second-order valence-corrected chi connectivity index (χ2v) is 7.84. The molecule has 0 saturated heterocycles. The van der Waals surface area contributed by atoms with Gasteiger partial charge in [-0.3, -0.25) is 4.79 Å². The number of urea groups is 1. The Balaban J connectivity index is 1.88. The molecule has 1 heterocycles. The first-order chi connectivity index (χ1) is 14.9. The maximum Gasteiger partial charge on any atom is 0.322 e. The monoisotopic (exact) mass is 420 g/mol. The number of aromatic amines is 1. The van der Waals surface area contributed by atoms with Gasteiger partial charge in [0.2, 0.25) is 0 Å². The van der Waals surface area contributed by atoms with E-state index < -0.39 is 0 Å². The molecular formula is C25H32N4O2. The summed E-state index contributed by atoms with van der Waals surface area (Å²) in [5.41, 5.74) is 4.23. The van der Waals surface area contributed by atoms with Crippen molar-refractivity contribution in [3.63, 3.8) is 0 Å². The largest absolute Gasteiger partial charge is 0.322 e. The Kier molecular flexibility index (Phi) is 7.47. The first kappa shape index (κ1) is 22.6. The molecule has 0 aliphatic heterocycles. The molecule has 2 aromatic carbocycles. The number of para-hydroxylation sites is 1. The van der Waals surface area contributed by atoms with Crippen molar-refractivity contribution in [2.45, 2.75) is 34.2 Å². The third-order valence-electron chi connectivity index (χ3n) is 5.88. The van der Waals surface area contributed by atoms with Crippen LogP contribution in [-0.4, -0.2) is 47.0 Å². The van der Waals surface area contributed by atoms with Gasteiger partial charge in [0.1, 0.15) is 0 Å². The van der Waals surface area contributed by atoms with Crippen LogP contribution in [0.1, 0.15) is 30.5 Å². The van der Waals surface area contributed by atoms with Crippen molar-refractivity contribution >= 4 is 22.6 Å². The molecule has 0 fully saturated rings. The maximum absolute atomic E-state index is 13.1. The molecule has 6 heteroatoms. The zero-order valence-electron chi connectivity index (χ0n) is 18.9. The number of anilines is 1. The summed E-state index contributed by atoms with van der Waals surface area (Å²) in [6, 6.07) is 15.2. The second kappa shape index (κ2) is 10.3. The number of carbonyl (C=O) groups excluding carboxylic acids is 1. The summed E-state index contributed by atoms with van der Waals surface area (Å²) in [6.45, 7) is 11.6. The molecule has 164 valence electrons. The fraction of sp³-hybridized carbons (Fsp3) is 0.360. The number of H-pyrrole nitrogens is 1. The fourth-order valence-corrected chi connectivity index (χ4v) is 3.67. The fourth-order valence-electron chi connectivity index (χ4n) is 3.67. The summed E-state index contributed by atoms with van der Waals surface area (Å²) >= 11 is 0. The van der Waals surface area contributed by atoms with Crippen LogP contribution in [0.3, 0.4) is 0 Å². The van der Waals surface area contributed by atoms with E-state index in [-0.39, 0.29) is 18.1 Å². The summed E-state index contributed by atoms with van der Waals surface area (Å²) < 4.78 is 0. The number of nitrogens with zero attached hydrogens (tertiary/aromatic N) is 2. The SMILES string of the molecule is CCN(CC)CCN(Cc1cc2ccc(C)c(C)c2[nH]c1=O)C(=O)Nc1ccccc1.